The first-order chi connectivity index (χ1) is 11.7. The third-order valence-corrected chi connectivity index (χ3v) is 3.70. The van der Waals surface area contributed by atoms with Gasteiger partial charge in [0.15, 0.2) is 5.16 Å². The van der Waals surface area contributed by atoms with E-state index >= 15 is 0 Å². The Labute approximate surface area is 145 Å². The molecule has 0 radical (unpaired) electrons. The molecular formula is C16H20N6OS. The number of hydrogen-bond donors (Lipinski definition) is 1. The summed E-state index contributed by atoms with van der Waals surface area (Å²) in [5.74, 6) is 6.03. The Hall–Kier alpha value is -2.40. The maximum atomic E-state index is 11.8. The lowest BCUT2D eigenvalue weighted by molar-refractivity contribution is -0.121. The van der Waals surface area contributed by atoms with Gasteiger partial charge in [-0.15, -0.1) is 5.10 Å². The number of rotatable bonds is 7. The standard InChI is InChI=1S/C16H20N6OS/c1-3-22-12-14(20-21-22)11-17-15(23)8-6-4-5-7-13-9-18-16(24-2)19-10-13/h9-10,12H,3-4,6,8,11H2,1-2H3,(H,17,23). The van der Waals surface area contributed by atoms with Crippen LogP contribution in [0, 0.1) is 11.8 Å². The first kappa shape index (κ1) is 17.9. The Balaban J connectivity index is 1.64. The van der Waals surface area contributed by atoms with Crippen molar-refractivity contribution in [3.8, 4) is 11.8 Å². The molecule has 0 fully saturated rings. The van der Waals surface area contributed by atoms with E-state index in [2.05, 4.69) is 37.4 Å². The van der Waals surface area contributed by atoms with E-state index in [0.717, 1.165) is 23.0 Å². The predicted molar refractivity (Wildman–Crippen MR) is 92.1 cm³/mol. The van der Waals surface area contributed by atoms with Crippen molar-refractivity contribution in [2.45, 2.75) is 44.4 Å². The Morgan fingerprint density at radius 2 is 2.17 bits per heavy atom. The molecule has 0 atom stereocenters. The van der Waals surface area contributed by atoms with Crippen LogP contribution in [-0.4, -0.2) is 37.1 Å². The van der Waals surface area contributed by atoms with Crippen LogP contribution in [0.3, 0.4) is 0 Å². The zero-order valence-corrected chi connectivity index (χ0v) is 14.6. The number of nitrogens with one attached hydrogen (secondary N) is 1. The van der Waals surface area contributed by atoms with E-state index in [9.17, 15) is 4.79 Å². The molecule has 2 heterocycles. The van der Waals surface area contributed by atoms with Crippen LogP contribution in [0.2, 0.25) is 0 Å². The van der Waals surface area contributed by atoms with Crippen LogP contribution in [0.5, 0.6) is 0 Å². The number of nitrogens with zero attached hydrogens (tertiary/aromatic N) is 5. The summed E-state index contributed by atoms with van der Waals surface area (Å²) in [5.41, 5.74) is 1.55. The number of aryl methyl sites for hydroxylation is 1. The third-order valence-electron chi connectivity index (χ3n) is 3.13. The molecule has 0 aliphatic rings. The van der Waals surface area contributed by atoms with E-state index in [1.807, 2.05) is 19.4 Å². The molecule has 2 aromatic heterocycles. The molecule has 1 amide bonds. The van der Waals surface area contributed by atoms with E-state index < -0.39 is 0 Å². The highest BCUT2D eigenvalue weighted by Gasteiger charge is 2.03. The first-order valence-electron chi connectivity index (χ1n) is 7.72. The Bertz CT molecular complexity index is 716. The quantitative estimate of drug-likeness (QED) is 0.356. The van der Waals surface area contributed by atoms with Gasteiger partial charge >= 0.3 is 0 Å². The van der Waals surface area contributed by atoms with Crippen LogP contribution < -0.4 is 5.32 Å². The maximum absolute atomic E-state index is 11.8. The number of aromatic nitrogens is 5. The summed E-state index contributed by atoms with van der Waals surface area (Å²) in [6.07, 6.45) is 8.99. The lowest BCUT2D eigenvalue weighted by Crippen LogP contribution is -2.22. The third kappa shape index (κ3) is 6.01. The van der Waals surface area contributed by atoms with Crippen molar-refractivity contribution < 1.29 is 4.79 Å². The zero-order valence-electron chi connectivity index (χ0n) is 13.8. The molecule has 0 spiro atoms. The molecule has 2 aromatic rings. The Morgan fingerprint density at radius 3 is 2.83 bits per heavy atom. The lowest BCUT2D eigenvalue weighted by Gasteiger charge is -2.01. The topological polar surface area (TPSA) is 85.6 Å². The molecule has 8 heteroatoms. The van der Waals surface area contributed by atoms with Crippen molar-refractivity contribution in [3.05, 3.63) is 29.8 Å². The van der Waals surface area contributed by atoms with Crippen molar-refractivity contribution in [1.29, 1.82) is 0 Å². The molecule has 126 valence electrons. The van der Waals surface area contributed by atoms with Gasteiger partial charge in [-0.1, -0.05) is 28.8 Å². The summed E-state index contributed by atoms with van der Waals surface area (Å²) in [5, 5.41) is 11.5. The van der Waals surface area contributed by atoms with Crippen LogP contribution in [0.1, 0.15) is 37.4 Å². The van der Waals surface area contributed by atoms with E-state index in [1.54, 1.807) is 17.1 Å². The zero-order chi connectivity index (χ0) is 17.2. The molecule has 0 bridgehead atoms. The van der Waals surface area contributed by atoms with E-state index in [4.69, 9.17) is 0 Å². The number of carbonyl (C=O) groups is 1. The van der Waals surface area contributed by atoms with E-state index in [1.165, 1.54) is 11.8 Å². The van der Waals surface area contributed by atoms with Gasteiger partial charge in [-0.25, -0.2) is 9.97 Å². The molecule has 0 aliphatic heterocycles. The fraction of sp³-hybridized carbons (Fsp3) is 0.438. The second kappa shape index (κ2) is 9.67. The van der Waals surface area contributed by atoms with Crippen LogP contribution >= 0.6 is 11.8 Å². The molecular weight excluding hydrogens is 324 g/mol. The Morgan fingerprint density at radius 1 is 1.38 bits per heavy atom. The van der Waals surface area contributed by atoms with Gasteiger partial charge in [0.05, 0.1) is 18.3 Å². The molecule has 0 unspecified atom stereocenters. The van der Waals surface area contributed by atoms with Crippen molar-refractivity contribution in [2.24, 2.45) is 0 Å². The fourth-order valence-electron chi connectivity index (χ4n) is 1.84. The summed E-state index contributed by atoms with van der Waals surface area (Å²) in [6.45, 7) is 3.16. The summed E-state index contributed by atoms with van der Waals surface area (Å²) in [6, 6.07) is 0. The number of hydrogen-bond acceptors (Lipinski definition) is 6. The van der Waals surface area contributed by atoms with Crippen LogP contribution in [0.4, 0.5) is 0 Å². The summed E-state index contributed by atoms with van der Waals surface area (Å²) in [4.78, 5) is 20.1. The first-order valence-corrected chi connectivity index (χ1v) is 8.94. The molecule has 0 saturated heterocycles. The van der Waals surface area contributed by atoms with Gasteiger partial charge in [0.25, 0.3) is 0 Å². The molecule has 7 nitrogen and oxygen atoms in total. The molecule has 0 aromatic carbocycles. The summed E-state index contributed by atoms with van der Waals surface area (Å²) in [7, 11) is 0. The Kier molecular flexibility index (Phi) is 7.23. The van der Waals surface area contributed by atoms with Crippen molar-refractivity contribution in [2.75, 3.05) is 6.26 Å². The molecule has 24 heavy (non-hydrogen) atoms. The summed E-state index contributed by atoms with van der Waals surface area (Å²) >= 11 is 1.49. The van der Waals surface area contributed by atoms with Gasteiger partial charge in [-0.05, 0) is 19.6 Å². The van der Waals surface area contributed by atoms with Crippen LogP contribution in [0.15, 0.2) is 23.7 Å². The van der Waals surface area contributed by atoms with Crippen molar-refractivity contribution in [1.82, 2.24) is 30.3 Å². The highest BCUT2D eigenvalue weighted by molar-refractivity contribution is 7.98. The van der Waals surface area contributed by atoms with E-state index in [0.29, 0.717) is 25.8 Å². The largest absolute Gasteiger partial charge is 0.350 e. The normalized spacial score (nSPS) is 10.1. The van der Waals surface area contributed by atoms with Gasteiger partial charge in [0.2, 0.25) is 5.91 Å². The van der Waals surface area contributed by atoms with Crippen LogP contribution in [0.25, 0.3) is 0 Å². The second-order valence-corrected chi connectivity index (χ2v) is 5.73. The minimum atomic E-state index is -0.00416. The fourth-order valence-corrected chi connectivity index (χ4v) is 2.16. The monoisotopic (exact) mass is 344 g/mol. The average molecular weight is 344 g/mol. The summed E-state index contributed by atoms with van der Waals surface area (Å²) < 4.78 is 1.73. The minimum Gasteiger partial charge on any atom is -0.350 e. The number of carbonyl (C=O) groups excluding carboxylic acids is 1. The molecule has 2 rings (SSSR count). The number of thioether (sulfide) groups is 1. The second-order valence-electron chi connectivity index (χ2n) is 4.96. The van der Waals surface area contributed by atoms with Gasteiger partial charge in [-0.2, -0.15) is 0 Å². The average Bonchev–Trinajstić information content (AvgIpc) is 3.08. The molecule has 0 aliphatic carbocycles. The molecule has 1 N–H and O–H groups in total. The van der Waals surface area contributed by atoms with Crippen molar-refractivity contribution >= 4 is 17.7 Å². The minimum absolute atomic E-state index is 0.00416. The van der Waals surface area contributed by atoms with Gasteiger partial charge in [0.1, 0.15) is 5.69 Å². The van der Waals surface area contributed by atoms with Gasteiger partial charge < -0.3 is 5.32 Å². The highest BCUT2D eigenvalue weighted by atomic mass is 32.2. The van der Waals surface area contributed by atoms with Gasteiger partial charge in [0, 0.05) is 31.8 Å². The number of amides is 1. The lowest BCUT2D eigenvalue weighted by atomic mass is 10.2. The van der Waals surface area contributed by atoms with Crippen LogP contribution in [-0.2, 0) is 17.9 Å². The van der Waals surface area contributed by atoms with Crippen molar-refractivity contribution in [3.63, 3.8) is 0 Å². The van der Waals surface area contributed by atoms with E-state index in [-0.39, 0.29) is 5.91 Å². The smallest absolute Gasteiger partial charge is 0.220 e. The predicted octanol–water partition coefficient (Wildman–Crippen LogP) is 1.65. The maximum Gasteiger partial charge on any atom is 0.220 e. The highest BCUT2D eigenvalue weighted by Crippen LogP contribution is 2.06. The van der Waals surface area contributed by atoms with Gasteiger partial charge in [-0.3, -0.25) is 9.48 Å². The number of unbranched alkanes of at least 4 members (excludes halogenated alkanes) is 1. The SMILES string of the molecule is CCn1cc(CNC(=O)CCCC#Cc2cnc(SC)nc2)nn1. The molecule has 0 saturated carbocycles.